The first-order valence-electron chi connectivity index (χ1n) is 7.61. The molecule has 0 aromatic heterocycles. The number of benzene rings is 2. The molecular weight excluding hydrogens is 325 g/mol. The zero-order valence-electron chi connectivity index (χ0n) is 14.0. The lowest BCUT2D eigenvalue weighted by Gasteiger charge is -2.26. The van der Waals surface area contributed by atoms with Crippen LogP contribution in [0, 0.1) is 5.82 Å². The van der Waals surface area contributed by atoms with E-state index in [0.717, 1.165) is 11.3 Å². The third kappa shape index (κ3) is 4.91. The second-order valence-corrected chi connectivity index (χ2v) is 5.98. The van der Waals surface area contributed by atoms with Gasteiger partial charge in [-0.2, -0.15) is 0 Å². The standard InChI is InChI=1S/C18H22FN3OS/c1-22(2)17(13-8-10-14(23-3)11-9-13)12-20-18(24)21-16-7-5-4-6-15(16)19/h4-11,17H,12H2,1-3H3,(H2,20,21,24)/t17-/m0/s1. The van der Waals surface area contributed by atoms with Crippen LogP contribution in [0.4, 0.5) is 10.1 Å². The van der Waals surface area contributed by atoms with Gasteiger partial charge in [-0.05, 0) is 56.1 Å². The fourth-order valence-electron chi connectivity index (χ4n) is 2.34. The Morgan fingerprint density at radius 3 is 2.42 bits per heavy atom. The second kappa shape index (κ2) is 8.61. The molecule has 0 spiro atoms. The molecule has 24 heavy (non-hydrogen) atoms. The summed E-state index contributed by atoms with van der Waals surface area (Å²) in [6, 6.07) is 14.5. The number of halogens is 1. The van der Waals surface area contributed by atoms with Crippen molar-refractivity contribution < 1.29 is 9.13 Å². The van der Waals surface area contributed by atoms with E-state index in [4.69, 9.17) is 17.0 Å². The Morgan fingerprint density at radius 1 is 1.17 bits per heavy atom. The molecule has 2 aromatic rings. The average Bonchev–Trinajstić information content (AvgIpc) is 2.57. The summed E-state index contributed by atoms with van der Waals surface area (Å²) in [5.74, 6) is 0.488. The number of methoxy groups -OCH3 is 1. The molecule has 1 atom stereocenters. The van der Waals surface area contributed by atoms with Gasteiger partial charge in [-0.25, -0.2) is 4.39 Å². The number of hydrogen-bond donors (Lipinski definition) is 2. The maximum Gasteiger partial charge on any atom is 0.170 e. The number of para-hydroxylation sites is 1. The minimum Gasteiger partial charge on any atom is -0.497 e. The van der Waals surface area contributed by atoms with Crippen molar-refractivity contribution in [3.05, 3.63) is 59.9 Å². The Labute approximate surface area is 147 Å². The van der Waals surface area contributed by atoms with Crippen LogP contribution >= 0.6 is 12.2 Å². The van der Waals surface area contributed by atoms with Crippen LogP contribution in [0.5, 0.6) is 5.75 Å². The van der Waals surface area contributed by atoms with Crippen molar-refractivity contribution >= 4 is 23.0 Å². The molecule has 0 fully saturated rings. The number of anilines is 1. The largest absolute Gasteiger partial charge is 0.497 e. The summed E-state index contributed by atoms with van der Waals surface area (Å²) in [6.45, 7) is 0.597. The predicted octanol–water partition coefficient (Wildman–Crippen LogP) is 3.42. The lowest BCUT2D eigenvalue weighted by atomic mass is 10.1. The normalized spacial score (nSPS) is 11.9. The molecule has 6 heteroatoms. The molecule has 0 amide bonds. The van der Waals surface area contributed by atoms with Gasteiger partial charge in [0.25, 0.3) is 0 Å². The number of thiocarbonyl (C=S) groups is 1. The lowest BCUT2D eigenvalue weighted by Crippen LogP contribution is -2.36. The third-order valence-electron chi connectivity index (χ3n) is 3.70. The fraction of sp³-hybridized carbons (Fsp3) is 0.278. The summed E-state index contributed by atoms with van der Waals surface area (Å²) >= 11 is 5.26. The Hall–Kier alpha value is -2.18. The molecule has 0 heterocycles. The van der Waals surface area contributed by atoms with E-state index in [1.165, 1.54) is 6.07 Å². The van der Waals surface area contributed by atoms with Gasteiger partial charge in [-0.15, -0.1) is 0 Å². The molecule has 128 valence electrons. The quantitative estimate of drug-likeness (QED) is 0.783. The highest BCUT2D eigenvalue weighted by atomic mass is 32.1. The van der Waals surface area contributed by atoms with Crippen molar-refractivity contribution in [2.24, 2.45) is 0 Å². The van der Waals surface area contributed by atoms with Gasteiger partial charge >= 0.3 is 0 Å². The minimum atomic E-state index is -0.332. The van der Waals surface area contributed by atoms with Crippen molar-refractivity contribution in [3.8, 4) is 5.75 Å². The van der Waals surface area contributed by atoms with E-state index in [-0.39, 0.29) is 11.9 Å². The number of nitrogens with zero attached hydrogens (tertiary/aromatic N) is 1. The maximum absolute atomic E-state index is 13.6. The van der Waals surface area contributed by atoms with E-state index in [1.807, 2.05) is 38.4 Å². The molecule has 0 bridgehead atoms. The number of likely N-dealkylation sites (N-methyl/N-ethyl adjacent to an activating group) is 1. The van der Waals surface area contributed by atoms with E-state index >= 15 is 0 Å². The smallest absolute Gasteiger partial charge is 0.170 e. The van der Waals surface area contributed by atoms with Gasteiger partial charge in [0.1, 0.15) is 11.6 Å². The van der Waals surface area contributed by atoms with Crippen LogP contribution < -0.4 is 15.4 Å². The van der Waals surface area contributed by atoms with Gasteiger partial charge in [0.2, 0.25) is 0 Å². The van der Waals surface area contributed by atoms with Crippen molar-refractivity contribution in [2.45, 2.75) is 6.04 Å². The predicted molar refractivity (Wildman–Crippen MR) is 100 cm³/mol. The molecule has 2 rings (SSSR count). The molecule has 2 aromatic carbocycles. The molecule has 0 aliphatic rings. The van der Waals surface area contributed by atoms with Gasteiger partial charge in [0, 0.05) is 6.54 Å². The van der Waals surface area contributed by atoms with E-state index in [0.29, 0.717) is 17.3 Å². The summed E-state index contributed by atoms with van der Waals surface area (Å²) in [5.41, 5.74) is 1.50. The summed E-state index contributed by atoms with van der Waals surface area (Å²) in [5, 5.41) is 6.42. The topological polar surface area (TPSA) is 36.5 Å². The molecule has 0 radical (unpaired) electrons. The van der Waals surface area contributed by atoms with Gasteiger partial charge < -0.3 is 20.3 Å². The van der Waals surface area contributed by atoms with Crippen LogP contribution in [0.15, 0.2) is 48.5 Å². The summed E-state index contributed by atoms with van der Waals surface area (Å²) in [4.78, 5) is 2.10. The number of hydrogen-bond acceptors (Lipinski definition) is 3. The Balaban J connectivity index is 1.98. The highest BCUT2D eigenvalue weighted by Gasteiger charge is 2.15. The highest BCUT2D eigenvalue weighted by Crippen LogP contribution is 2.21. The first-order chi connectivity index (χ1) is 11.5. The van der Waals surface area contributed by atoms with Gasteiger partial charge in [-0.1, -0.05) is 24.3 Å². The van der Waals surface area contributed by atoms with E-state index < -0.39 is 0 Å². The molecule has 2 N–H and O–H groups in total. The van der Waals surface area contributed by atoms with Gasteiger partial charge in [0.15, 0.2) is 5.11 Å². The molecule has 0 saturated heterocycles. The van der Waals surface area contributed by atoms with Crippen LogP contribution in [-0.2, 0) is 0 Å². The zero-order valence-corrected chi connectivity index (χ0v) is 14.9. The minimum absolute atomic E-state index is 0.122. The fourth-order valence-corrected chi connectivity index (χ4v) is 2.54. The van der Waals surface area contributed by atoms with Crippen molar-refractivity contribution in [1.82, 2.24) is 10.2 Å². The number of ether oxygens (including phenoxy) is 1. The monoisotopic (exact) mass is 347 g/mol. The van der Waals surface area contributed by atoms with E-state index in [1.54, 1.807) is 25.3 Å². The average molecular weight is 347 g/mol. The number of rotatable bonds is 6. The van der Waals surface area contributed by atoms with Crippen molar-refractivity contribution in [1.29, 1.82) is 0 Å². The molecular formula is C18H22FN3OS. The molecule has 4 nitrogen and oxygen atoms in total. The molecule has 0 unspecified atom stereocenters. The van der Waals surface area contributed by atoms with Crippen LogP contribution in [0.2, 0.25) is 0 Å². The van der Waals surface area contributed by atoms with Crippen LogP contribution in [0.3, 0.4) is 0 Å². The molecule has 0 aliphatic carbocycles. The van der Waals surface area contributed by atoms with E-state index in [9.17, 15) is 4.39 Å². The van der Waals surface area contributed by atoms with Gasteiger partial charge in [0.05, 0.1) is 18.8 Å². The summed E-state index contributed by atoms with van der Waals surface area (Å²) in [7, 11) is 5.65. The summed E-state index contributed by atoms with van der Waals surface area (Å²) in [6.07, 6.45) is 0. The summed E-state index contributed by atoms with van der Waals surface area (Å²) < 4.78 is 18.8. The van der Waals surface area contributed by atoms with Crippen LogP contribution in [-0.4, -0.2) is 37.8 Å². The first-order valence-corrected chi connectivity index (χ1v) is 8.02. The molecule has 0 aliphatic heterocycles. The van der Waals surface area contributed by atoms with Crippen LogP contribution in [0.1, 0.15) is 11.6 Å². The molecule has 0 saturated carbocycles. The lowest BCUT2D eigenvalue weighted by molar-refractivity contribution is 0.299. The Kier molecular flexibility index (Phi) is 6.52. The van der Waals surface area contributed by atoms with E-state index in [2.05, 4.69) is 15.5 Å². The SMILES string of the molecule is COc1ccc([C@H](CNC(=S)Nc2ccccc2F)N(C)C)cc1. The first kappa shape index (κ1) is 18.2. The maximum atomic E-state index is 13.6. The van der Waals surface area contributed by atoms with Crippen molar-refractivity contribution in [3.63, 3.8) is 0 Å². The van der Waals surface area contributed by atoms with Gasteiger partial charge in [-0.3, -0.25) is 0 Å². The number of nitrogens with one attached hydrogen (secondary N) is 2. The zero-order chi connectivity index (χ0) is 17.5. The van der Waals surface area contributed by atoms with Crippen molar-refractivity contribution in [2.75, 3.05) is 33.1 Å². The second-order valence-electron chi connectivity index (χ2n) is 5.57. The van der Waals surface area contributed by atoms with Crippen LogP contribution in [0.25, 0.3) is 0 Å². The Morgan fingerprint density at radius 2 is 1.83 bits per heavy atom. The third-order valence-corrected chi connectivity index (χ3v) is 3.95. The Bertz CT molecular complexity index is 676. The highest BCUT2D eigenvalue weighted by molar-refractivity contribution is 7.80.